The van der Waals surface area contributed by atoms with Gasteiger partial charge < -0.3 is 22.8 Å². The third kappa shape index (κ3) is 5.45. The van der Waals surface area contributed by atoms with E-state index >= 15 is 0 Å². The molecule has 0 aliphatic heterocycles. The number of fused-ring (bicyclic) bond motifs is 15. The Hall–Kier alpha value is -10.6. The topological polar surface area (TPSA) is 52.8 Å². The Morgan fingerprint density at radius 3 is 0.947 bits per heavy atom. The number of benzene rings is 11. The first-order valence-electron chi connectivity index (χ1n) is 25.2. The molecule has 0 saturated carbocycles. The van der Waals surface area contributed by atoms with Crippen LogP contribution in [0.5, 0.6) is 0 Å². The van der Waals surface area contributed by atoms with Gasteiger partial charge in [0.15, 0.2) is 0 Å². The maximum atomic E-state index is 12.6. The summed E-state index contributed by atoms with van der Waals surface area (Å²) in [4.78, 5) is 4.74. The van der Waals surface area contributed by atoms with E-state index in [9.17, 15) is 11.8 Å². The van der Waals surface area contributed by atoms with Crippen molar-refractivity contribution in [2.45, 2.75) is 0 Å². The molecule has 11 aromatic carbocycles. The molecule has 16 rings (SSSR count). The molecule has 75 heavy (non-hydrogen) atoms. The Labute approximate surface area is 428 Å². The average molecular weight is 954 g/mol. The molecule has 0 spiro atoms. The fourth-order valence-electron chi connectivity index (χ4n) is 12.8. The van der Waals surface area contributed by atoms with E-state index in [2.05, 4.69) is 253 Å². The first-order chi connectivity index (χ1) is 37.2. The summed E-state index contributed by atoms with van der Waals surface area (Å²) < 4.78 is 11.5. The highest BCUT2D eigenvalue weighted by Crippen LogP contribution is 2.52. The van der Waals surface area contributed by atoms with Crippen molar-refractivity contribution >= 4 is 115 Å². The summed E-state index contributed by atoms with van der Waals surface area (Å²) >= 11 is 0. The zero-order valence-electron chi connectivity index (χ0n) is 40.1. The zero-order chi connectivity index (χ0) is 49.5. The minimum Gasteiger partial charge on any atom is -0.318 e. The standard InChI is InChI=1S/C68H39N7/c1-70-64-65(72-55-32-14-5-23-43(55)44-24-6-15-33-56(44)72)53(41-69)66(75-61-38-20-12-30-50(61)52-39-51-49-29-11-13-31-54(49)71(62(51)40-63(52)75)42-21-3-2-4-22-42)68(74-59-36-18-9-27-47(59)48-28-10-19-37-60(48)74)67(64)73-57-34-16-7-25-45(57)46-26-8-17-35-58(46)73/h2-40H. The summed E-state index contributed by atoms with van der Waals surface area (Å²) in [5, 5.41) is 23.3. The molecule has 7 heteroatoms. The summed E-state index contributed by atoms with van der Waals surface area (Å²) in [6, 6.07) is 86.2. The normalized spacial score (nSPS) is 12.0. The Morgan fingerprint density at radius 2 is 0.573 bits per heavy atom. The van der Waals surface area contributed by atoms with Gasteiger partial charge in [-0.2, -0.15) is 5.26 Å². The first-order valence-corrected chi connectivity index (χ1v) is 25.2. The van der Waals surface area contributed by atoms with Crippen LogP contribution in [-0.2, 0) is 0 Å². The predicted molar refractivity (Wildman–Crippen MR) is 309 cm³/mol. The minimum absolute atomic E-state index is 0.359. The lowest BCUT2D eigenvalue weighted by atomic mass is 10.0. The van der Waals surface area contributed by atoms with E-state index in [-0.39, 0.29) is 0 Å². The molecule has 0 N–H and O–H groups in total. The van der Waals surface area contributed by atoms with Crippen LogP contribution in [0.3, 0.4) is 0 Å². The summed E-state index contributed by atoms with van der Waals surface area (Å²) in [6.45, 7) is 9.71. The Kier molecular flexibility index (Phi) is 8.46. The zero-order valence-corrected chi connectivity index (χ0v) is 40.1. The van der Waals surface area contributed by atoms with Gasteiger partial charge in [-0.05, 0) is 72.8 Å². The number of hydrogen-bond donors (Lipinski definition) is 0. The average Bonchev–Trinajstić information content (AvgIpc) is 4.37. The van der Waals surface area contributed by atoms with Gasteiger partial charge in [-0.3, -0.25) is 0 Å². The molecule has 0 aliphatic rings. The summed E-state index contributed by atoms with van der Waals surface area (Å²) in [5.74, 6) is 0. The highest BCUT2D eigenvalue weighted by atomic mass is 15.1. The van der Waals surface area contributed by atoms with Gasteiger partial charge in [-0.15, -0.1) is 0 Å². The fraction of sp³-hybridized carbons (Fsp3) is 0. The number of hydrogen-bond acceptors (Lipinski definition) is 1. The van der Waals surface area contributed by atoms with Crippen molar-refractivity contribution in [3.8, 4) is 34.5 Å². The highest BCUT2D eigenvalue weighted by molar-refractivity contribution is 6.21. The lowest BCUT2D eigenvalue weighted by molar-refractivity contribution is 1.03. The Balaban J connectivity index is 1.23. The van der Waals surface area contributed by atoms with Gasteiger partial charge in [0.1, 0.15) is 6.07 Å². The molecule has 0 fully saturated rings. The van der Waals surface area contributed by atoms with Gasteiger partial charge in [-0.25, -0.2) is 4.85 Å². The number of aromatic nitrogens is 5. The highest BCUT2D eigenvalue weighted by Gasteiger charge is 2.35. The van der Waals surface area contributed by atoms with Crippen molar-refractivity contribution in [2.75, 3.05) is 0 Å². The van der Waals surface area contributed by atoms with Crippen molar-refractivity contribution in [3.05, 3.63) is 254 Å². The molecule has 0 amide bonds. The van der Waals surface area contributed by atoms with E-state index in [1.807, 2.05) is 12.1 Å². The third-order valence-electron chi connectivity index (χ3n) is 15.7. The number of nitrogens with zero attached hydrogens (tertiary/aromatic N) is 7. The molecule has 0 radical (unpaired) electrons. The number of rotatable bonds is 5. The van der Waals surface area contributed by atoms with Crippen LogP contribution in [0.2, 0.25) is 0 Å². The number of para-hydroxylation sites is 9. The van der Waals surface area contributed by atoms with Gasteiger partial charge in [0.05, 0.1) is 90.1 Å². The van der Waals surface area contributed by atoms with E-state index in [1.54, 1.807) is 0 Å². The predicted octanol–water partition coefficient (Wildman–Crippen LogP) is 17.6. The van der Waals surface area contributed by atoms with Gasteiger partial charge in [0, 0.05) is 59.5 Å². The Morgan fingerprint density at radius 1 is 0.280 bits per heavy atom. The van der Waals surface area contributed by atoms with Crippen molar-refractivity contribution in [3.63, 3.8) is 0 Å². The maximum absolute atomic E-state index is 12.6. The molecule has 5 aromatic heterocycles. The molecule has 0 saturated heterocycles. The van der Waals surface area contributed by atoms with Crippen LogP contribution in [0, 0.1) is 17.9 Å². The SMILES string of the molecule is [C-]#[N+]c1c(-n2c3ccccc3c3ccccc32)c(C#N)c(-n2c3ccccc3c3cc4c5ccccc5n(-c5ccccc5)c4cc32)c(-n2c3ccccc3c3ccccc32)c1-n1c2ccccc2c2ccccc21. The van der Waals surface area contributed by atoms with Crippen molar-refractivity contribution in [1.29, 1.82) is 5.26 Å². The monoisotopic (exact) mass is 953 g/mol. The van der Waals surface area contributed by atoms with Gasteiger partial charge >= 0.3 is 0 Å². The van der Waals surface area contributed by atoms with E-state index in [1.165, 1.54) is 0 Å². The van der Waals surface area contributed by atoms with Gasteiger partial charge in [0.2, 0.25) is 5.69 Å². The molecule has 346 valence electrons. The van der Waals surface area contributed by atoms with Crippen LogP contribution in [0.4, 0.5) is 5.69 Å². The molecule has 16 aromatic rings. The first kappa shape index (κ1) is 41.1. The fourth-order valence-corrected chi connectivity index (χ4v) is 12.8. The lowest BCUT2D eigenvalue weighted by Gasteiger charge is -2.27. The molecule has 0 bridgehead atoms. The second-order valence-electron chi connectivity index (χ2n) is 19.4. The molecule has 0 atom stereocenters. The lowest BCUT2D eigenvalue weighted by Crippen LogP contribution is -2.14. The molecule has 0 aliphatic carbocycles. The molecule has 5 heterocycles. The molecule has 7 nitrogen and oxygen atoms in total. The maximum Gasteiger partial charge on any atom is 0.237 e. The van der Waals surface area contributed by atoms with E-state index < -0.39 is 0 Å². The van der Waals surface area contributed by atoms with Crippen LogP contribution in [-0.4, -0.2) is 22.8 Å². The van der Waals surface area contributed by atoms with Crippen molar-refractivity contribution < 1.29 is 0 Å². The largest absolute Gasteiger partial charge is 0.318 e. The molecular formula is C68H39N7. The summed E-state index contributed by atoms with van der Waals surface area (Å²) in [7, 11) is 0. The van der Waals surface area contributed by atoms with Crippen molar-refractivity contribution in [2.24, 2.45) is 0 Å². The molecule has 0 unspecified atom stereocenters. The van der Waals surface area contributed by atoms with Crippen molar-refractivity contribution in [1.82, 2.24) is 22.8 Å². The minimum atomic E-state index is 0.359. The van der Waals surface area contributed by atoms with Gasteiger partial charge in [-0.1, -0.05) is 164 Å². The van der Waals surface area contributed by atoms with E-state index in [4.69, 9.17) is 4.85 Å². The quantitative estimate of drug-likeness (QED) is 0.159. The van der Waals surface area contributed by atoms with Crippen LogP contribution >= 0.6 is 0 Å². The van der Waals surface area contributed by atoms with Crippen LogP contribution in [0.15, 0.2) is 237 Å². The smallest absolute Gasteiger partial charge is 0.237 e. The van der Waals surface area contributed by atoms with E-state index in [0.717, 1.165) is 120 Å². The van der Waals surface area contributed by atoms with Crippen LogP contribution in [0.1, 0.15) is 5.56 Å². The summed E-state index contributed by atoms with van der Waals surface area (Å²) in [6.07, 6.45) is 0. The van der Waals surface area contributed by atoms with E-state index in [0.29, 0.717) is 28.3 Å². The van der Waals surface area contributed by atoms with Gasteiger partial charge in [0.25, 0.3) is 0 Å². The second-order valence-corrected chi connectivity index (χ2v) is 19.4. The third-order valence-corrected chi connectivity index (χ3v) is 15.7. The second kappa shape index (κ2) is 15.5. The van der Waals surface area contributed by atoms with Crippen LogP contribution < -0.4 is 0 Å². The Bertz CT molecular complexity index is 5060. The number of nitriles is 1. The van der Waals surface area contributed by atoms with Crippen LogP contribution in [0.25, 0.3) is 142 Å². The molecular weight excluding hydrogens is 915 g/mol. The summed E-state index contributed by atoms with van der Waals surface area (Å²) in [5.41, 5.74) is 14.0.